The summed E-state index contributed by atoms with van der Waals surface area (Å²) in [4.78, 5) is 2.41. The van der Waals surface area contributed by atoms with E-state index >= 15 is 0 Å². The molecule has 1 heteroatoms. The average Bonchev–Trinajstić information content (AvgIpc) is 2.71. The van der Waals surface area contributed by atoms with Gasteiger partial charge >= 0.3 is 0 Å². The summed E-state index contributed by atoms with van der Waals surface area (Å²) in [7, 11) is 0. The average molecular weight is 339 g/mol. The lowest BCUT2D eigenvalue weighted by atomic mass is 10.0. The van der Waals surface area contributed by atoms with Crippen LogP contribution in [-0.4, -0.2) is 10.9 Å². The topological polar surface area (TPSA) is 3.24 Å². The van der Waals surface area contributed by atoms with Crippen LogP contribution < -0.4 is 0 Å². The Morgan fingerprint density at radius 1 is 0.654 bits per heavy atom. The molecule has 0 spiro atoms. The summed E-state index contributed by atoms with van der Waals surface area (Å²) in [6, 6.07) is 31.8. The molecule has 0 aromatic heterocycles. The fourth-order valence-corrected chi connectivity index (χ4v) is 3.23. The number of benzene rings is 3. The molecule has 0 radical (unpaired) electrons. The van der Waals surface area contributed by atoms with Gasteiger partial charge in [-0.2, -0.15) is 0 Å². The van der Waals surface area contributed by atoms with E-state index in [0.29, 0.717) is 0 Å². The number of terminal acetylenes is 1. The number of hydrogen-bond donors (Lipinski definition) is 0. The SMILES string of the molecule is C#C[C@@H](CCc1ccccc1)N(Cc1ccccc1)Cc1ccccc1. The second-order valence-electron chi connectivity index (χ2n) is 6.58. The maximum Gasteiger partial charge on any atom is 0.0720 e. The highest BCUT2D eigenvalue weighted by Crippen LogP contribution is 2.17. The van der Waals surface area contributed by atoms with Crippen LogP contribution in [0.2, 0.25) is 0 Å². The molecule has 130 valence electrons. The molecule has 3 rings (SSSR count). The fraction of sp³-hybridized carbons (Fsp3) is 0.200. The first-order chi connectivity index (χ1) is 12.8. The van der Waals surface area contributed by atoms with E-state index in [1.54, 1.807) is 0 Å². The summed E-state index contributed by atoms with van der Waals surface area (Å²) in [5.41, 5.74) is 3.93. The van der Waals surface area contributed by atoms with Crippen LogP contribution in [0, 0.1) is 12.3 Å². The van der Waals surface area contributed by atoms with Crippen molar-refractivity contribution in [1.29, 1.82) is 0 Å². The normalized spacial score (nSPS) is 11.8. The number of rotatable bonds is 8. The van der Waals surface area contributed by atoms with Crippen molar-refractivity contribution in [3.05, 3.63) is 108 Å². The van der Waals surface area contributed by atoms with Crippen molar-refractivity contribution in [3.63, 3.8) is 0 Å². The van der Waals surface area contributed by atoms with E-state index in [1.807, 2.05) is 0 Å². The summed E-state index contributed by atoms with van der Waals surface area (Å²) < 4.78 is 0. The van der Waals surface area contributed by atoms with Gasteiger partial charge < -0.3 is 0 Å². The third kappa shape index (κ3) is 5.34. The van der Waals surface area contributed by atoms with E-state index in [-0.39, 0.29) is 6.04 Å². The molecule has 1 nitrogen and oxygen atoms in total. The van der Waals surface area contributed by atoms with E-state index in [0.717, 1.165) is 25.9 Å². The van der Waals surface area contributed by atoms with Crippen molar-refractivity contribution in [1.82, 2.24) is 4.90 Å². The van der Waals surface area contributed by atoms with Crippen LogP contribution in [0.3, 0.4) is 0 Å². The first kappa shape index (κ1) is 18.0. The van der Waals surface area contributed by atoms with Crippen molar-refractivity contribution in [3.8, 4) is 12.3 Å². The summed E-state index contributed by atoms with van der Waals surface area (Å²) in [6.45, 7) is 1.72. The highest BCUT2D eigenvalue weighted by molar-refractivity contribution is 5.20. The third-order valence-corrected chi connectivity index (χ3v) is 4.64. The maximum absolute atomic E-state index is 5.95. The zero-order valence-electron chi connectivity index (χ0n) is 15.1. The van der Waals surface area contributed by atoms with Crippen molar-refractivity contribution >= 4 is 0 Å². The van der Waals surface area contributed by atoms with Gasteiger partial charge in [0.25, 0.3) is 0 Å². The molecule has 0 bridgehead atoms. The third-order valence-electron chi connectivity index (χ3n) is 4.64. The van der Waals surface area contributed by atoms with E-state index in [9.17, 15) is 0 Å². The van der Waals surface area contributed by atoms with E-state index < -0.39 is 0 Å². The first-order valence-corrected chi connectivity index (χ1v) is 9.17. The molecule has 0 aliphatic rings. The Balaban J connectivity index is 1.74. The Morgan fingerprint density at radius 3 is 1.50 bits per heavy atom. The molecular weight excluding hydrogens is 314 g/mol. The smallest absolute Gasteiger partial charge is 0.0720 e. The minimum atomic E-state index is 0.107. The molecule has 0 unspecified atom stereocenters. The molecule has 0 heterocycles. The fourth-order valence-electron chi connectivity index (χ4n) is 3.23. The largest absolute Gasteiger partial charge is 0.281 e. The zero-order valence-corrected chi connectivity index (χ0v) is 15.1. The summed E-state index contributed by atoms with van der Waals surface area (Å²) >= 11 is 0. The molecule has 0 N–H and O–H groups in total. The summed E-state index contributed by atoms with van der Waals surface area (Å²) in [6.07, 6.45) is 7.91. The Labute approximate surface area is 157 Å². The number of hydrogen-bond acceptors (Lipinski definition) is 1. The Bertz CT molecular complexity index is 762. The number of aryl methyl sites for hydroxylation is 1. The van der Waals surface area contributed by atoms with Gasteiger partial charge in [-0.15, -0.1) is 6.42 Å². The molecule has 1 atom stereocenters. The van der Waals surface area contributed by atoms with Crippen LogP contribution in [0.4, 0.5) is 0 Å². The molecule has 0 saturated heterocycles. The number of nitrogens with zero attached hydrogens (tertiary/aromatic N) is 1. The minimum Gasteiger partial charge on any atom is -0.281 e. The van der Waals surface area contributed by atoms with E-state index in [2.05, 4.69) is 102 Å². The highest BCUT2D eigenvalue weighted by Gasteiger charge is 2.17. The Morgan fingerprint density at radius 2 is 1.08 bits per heavy atom. The van der Waals surface area contributed by atoms with Gasteiger partial charge in [0.05, 0.1) is 6.04 Å². The van der Waals surface area contributed by atoms with Crippen LogP contribution in [0.5, 0.6) is 0 Å². The molecule has 0 aliphatic heterocycles. The van der Waals surface area contributed by atoms with E-state index in [4.69, 9.17) is 6.42 Å². The van der Waals surface area contributed by atoms with Gasteiger partial charge in [0.1, 0.15) is 0 Å². The predicted octanol–water partition coefficient (Wildman–Crippen LogP) is 5.32. The highest BCUT2D eigenvalue weighted by atomic mass is 15.1. The van der Waals surface area contributed by atoms with Crippen molar-refractivity contribution < 1.29 is 0 Å². The molecule has 26 heavy (non-hydrogen) atoms. The van der Waals surface area contributed by atoms with Crippen molar-refractivity contribution in [2.75, 3.05) is 0 Å². The van der Waals surface area contributed by atoms with E-state index in [1.165, 1.54) is 16.7 Å². The second kappa shape index (κ2) is 9.61. The lowest BCUT2D eigenvalue weighted by molar-refractivity contribution is 0.209. The van der Waals surface area contributed by atoms with Gasteiger partial charge in [0.2, 0.25) is 0 Å². The van der Waals surface area contributed by atoms with Crippen LogP contribution in [-0.2, 0) is 19.5 Å². The minimum absolute atomic E-state index is 0.107. The predicted molar refractivity (Wildman–Crippen MR) is 110 cm³/mol. The summed E-state index contributed by atoms with van der Waals surface area (Å²) in [5, 5.41) is 0. The van der Waals surface area contributed by atoms with Gasteiger partial charge in [-0.05, 0) is 29.5 Å². The molecule has 0 fully saturated rings. The van der Waals surface area contributed by atoms with Gasteiger partial charge in [0, 0.05) is 13.1 Å². The van der Waals surface area contributed by atoms with Crippen LogP contribution in [0.25, 0.3) is 0 Å². The van der Waals surface area contributed by atoms with Crippen LogP contribution in [0.15, 0.2) is 91.0 Å². The van der Waals surface area contributed by atoms with Crippen LogP contribution >= 0.6 is 0 Å². The van der Waals surface area contributed by atoms with Gasteiger partial charge in [-0.1, -0.05) is 96.9 Å². The maximum atomic E-state index is 5.95. The molecule has 3 aromatic rings. The lowest BCUT2D eigenvalue weighted by Crippen LogP contribution is -2.33. The van der Waals surface area contributed by atoms with Crippen molar-refractivity contribution in [2.45, 2.75) is 32.0 Å². The van der Waals surface area contributed by atoms with Crippen LogP contribution in [0.1, 0.15) is 23.1 Å². The molecular formula is C25H25N. The standard InChI is InChI=1S/C25H25N/c1-2-25(19-18-22-12-6-3-7-13-22)26(20-23-14-8-4-9-15-23)21-24-16-10-5-11-17-24/h1,3-17,25H,18-21H2/t25-/m0/s1. The molecule has 0 saturated carbocycles. The van der Waals surface area contributed by atoms with Crippen molar-refractivity contribution in [2.24, 2.45) is 0 Å². The molecule has 0 aliphatic carbocycles. The quantitative estimate of drug-likeness (QED) is 0.502. The van der Waals surface area contributed by atoms with Gasteiger partial charge in [-0.25, -0.2) is 0 Å². The second-order valence-corrected chi connectivity index (χ2v) is 6.58. The Hall–Kier alpha value is -2.82. The van der Waals surface area contributed by atoms with Gasteiger partial charge in [-0.3, -0.25) is 4.90 Å². The monoisotopic (exact) mass is 339 g/mol. The Kier molecular flexibility index (Phi) is 6.65. The van der Waals surface area contributed by atoms with Gasteiger partial charge in [0.15, 0.2) is 0 Å². The summed E-state index contributed by atoms with van der Waals surface area (Å²) in [5.74, 6) is 3.04. The zero-order chi connectivity index (χ0) is 18.0. The molecule has 0 amide bonds. The molecule has 3 aromatic carbocycles. The lowest BCUT2D eigenvalue weighted by Gasteiger charge is -2.28. The first-order valence-electron chi connectivity index (χ1n) is 9.17.